The van der Waals surface area contributed by atoms with Crippen molar-refractivity contribution in [3.05, 3.63) is 56.7 Å². The number of nitrogen functional groups attached to an aromatic ring is 1. The van der Waals surface area contributed by atoms with E-state index in [-0.39, 0.29) is 30.5 Å². The molecule has 180 valence electrons. The lowest BCUT2D eigenvalue weighted by atomic mass is 10.1. The van der Waals surface area contributed by atoms with Crippen molar-refractivity contribution >= 4 is 17.4 Å². The van der Waals surface area contributed by atoms with Gasteiger partial charge < -0.3 is 10.6 Å². The number of nitrogens with zero attached hydrogens (tertiary/aromatic N) is 3. The fourth-order valence-corrected chi connectivity index (χ4v) is 4.26. The van der Waals surface area contributed by atoms with E-state index < -0.39 is 11.2 Å². The second-order valence-electron chi connectivity index (χ2n) is 9.34. The minimum Gasteiger partial charge on any atom is -0.383 e. The molecule has 1 aromatic carbocycles. The molecule has 0 atom stereocenters. The van der Waals surface area contributed by atoms with Crippen LogP contribution in [0.15, 0.2) is 39.9 Å². The lowest BCUT2D eigenvalue weighted by Crippen LogP contribution is -2.46. The monoisotopic (exact) mass is 455 g/mol. The van der Waals surface area contributed by atoms with Crippen LogP contribution in [0.3, 0.4) is 0 Å². The Morgan fingerprint density at radius 2 is 1.70 bits per heavy atom. The van der Waals surface area contributed by atoms with Gasteiger partial charge in [0.25, 0.3) is 5.56 Å². The van der Waals surface area contributed by atoms with E-state index in [1.165, 1.54) is 28.7 Å². The summed E-state index contributed by atoms with van der Waals surface area (Å²) in [6.45, 7) is 6.74. The minimum absolute atomic E-state index is 0.0253. The van der Waals surface area contributed by atoms with Crippen LogP contribution in [0.25, 0.3) is 0 Å². The van der Waals surface area contributed by atoms with Crippen molar-refractivity contribution in [2.75, 3.05) is 36.8 Å². The number of carbonyl (C=O) groups excluding carboxylic acids is 1. The number of amides is 1. The van der Waals surface area contributed by atoms with Crippen molar-refractivity contribution in [2.24, 2.45) is 5.92 Å². The molecule has 8 heteroatoms. The van der Waals surface area contributed by atoms with Crippen LogP contribution in [-0.2, 0) is 11.3 Å². The molecule has 1 aromatic heterocycles. The number of nitrogens with one attached hydrogen (secondary N) is 1. The Balaban J connectivity index is 1.93. The van der Waals surface area contributed by atoms with Gasteiger partial charge >= 0.3 is 5.69 Å². The summed E-state index contributed by atoms with van der Waals surface area (Å²) in [5, 5.41) is 0. The van der Waals surface area contributed by atoms with Crippen LogP contribution in [-0.4, -0.2) is 46.5 Å². The number of anilines is 2. The molecule has 3 rings (SSSR count). The zero-order valence-corrected chi connectivity index (χ0v) is 19.9. The fourth-order valence-electron chi connectivity index (χ4n) is 4.26. The van der Waals surface area contributed by atoms with Crippen molar-refractivity contribution in [1.29, 1.82) is 0 Å². The maximum atomic E-state index is 13.5. The average Bonchev–Trinajstić information content (AvgIpc) is 2.75. The van der Waals surface area contributed by atoms with Gasteiger partial charge in [0, 0.05) is 6.54 Å². The molecular formula is C25H37N5O3. The molecule has 1 aliphatic rings. The van der Waals surface area contributed by atoms with Crippen LogP contribution >= 0.6 is 0 Å². The van der Waals surface area contributed by atoms with E-state index in [4.69, 9.17) is 5.73 Å². The number of H-pyrrole nitrogens is 1. The summed E-state index contributed by atoms with van der Waals surface area (Å²) in [5.74, 6) is 0.216. The molecule has 8 nitrogen and oxygen atoms in total. The van der Waals surface area contributed by atoms with Crippen LogP contribution in [0.2, 0.25) is 0 Å². The molecule has 0 saturated carbocycles. The van der Waals surface area contributed by atoms with Gasteiger partial charge in [0.15, 0.2) is 5.69 Å². The first-order chi connectivity index (χ1) is 15.9. The summed E-state index contributed by atoms with van der Waals surface area (Å²) in [5.41, 5.74) is 6.15. The van der Waals surface area contributed by atoms with Gasteiger partial charge in [-0.2, -0.15) is 0 Å². The normalized spacial score (nSPS) is 15.2. The Labute approximate surface area is 195 Å². The minimum atomic E-state index is -0.619. The van der Waals surface area contributed by atoms with Crippen LogP contribution in [0, 0.1) is 5.92 Å². The number of hydrogen-bond donors (Lipinski definition) is 2. The Morgan fingerprint density at radius 1 is 1.06 bits per heavy atom. The first-order valence-electron chi connectivity index (χ1n) is 12.1. The first-order valence-corrected chi connectivity index (χ1v) is 12.1. The molecule has 1 amide bonds. The SMILES string of the molecule is CC(C)CCN(C(=O)CN1CCCCCCC1)c1c(N)n(Cc2ccccc2)c(=O)[nH]c1=O. The second-order valence-corrected chi connectivity index (χ2v) is 9.34. The molecular weight excluding hydrogens is 418 g/mol. The smallest absolute Gasteiger partial charge is 0.330 e. The molecule has 0 unspecified atom stereocenters. The molecule has 1 saturated heterocycles. The molecule has 0 spiro atoms. The van der Waals surface area contributed by atoms with Gasteiger partial charge in [-0.15, -0.1) is 0 Å². The average molecular weight is 456 g/mol. The van der Waals surface area contributed by atoms with Crippen molar-refractivity contribution in [3.63, 3.8) is 0 Å². The van der Waals surface area contributed by atoms with E-state index in [1.807, 2.05) is 30.3 Å². The predicted molar refractivity (Wildman–Crippen MR) is 133 cm³/mol. The molecule has 0 radical (unpaired) electrons. The number of benzene rings is 1. The number of hydrogen-bond acceptors (Lipinski definition) is 5. The van der Waals surface area contributed by atoms with E-state index in [0.29, 0.717) is 12.5 Å². The zero-order chi connectivity index (χ0) is 23.8. The number of rotatable bonds is 8. The molecule has 1 aliphatic heterocycles. The van der Waals surface area contributed by atoms with Crippen molar-refractivity contribution < 1.29 is 4.79 Å². The number of aromatic amines is 1. The van der Waals surface area contributed by atoms with Gasteiger partial charge in [-0.1, -0.05) is 63.4 Å². The number of carbonyl (C=O) groups is 1. The highest BCUT2D eigenvalue weighted by atomic mass is 16.2. The molecule has 0 bridgehead atoms. The van der Waals surface area contributed by atoms with E-state index >= 15 is 0 Å². The van der Waals surface area contributed by atoms with Crippen molar-refractivity contribution in [3.8, 4) is 0 Å². The van der Waals surface area contributed by atoms with Crippen LogP contribution in [0.1, 0.15) is 57.9 Å². The summed E-state index contributed by atoms with van der Waals surface area (Å²) < 4.78 is 1.33. The fraction of sp³-hybridized carbons (Fsp3) is 0.560. The van der Waals surface area contributed by atoms with Gasteiger partial charge in [0.05, 0.1) is 13.1 Å². The molecule has 0 aliphatic carbocycles. The van der Waals surface area contributed by atoms with Gasteiger partial charge in [-0.05, 0) is 43.8 Å². The van der Waals surface area contributed by atoms with Crippen molar-refractivity contribution in [1.82, 2.24) is 14.5 Å². The Hall–Kier alpha value is -2.87. The largest absolute Gasteiger partial charge is 0.383 e. The number of nitrogens with two attached hydrogens (primary N) is 1. The van der Waals surface area contributed by atoms with Gasteiger partial charge in [-0.3, -0.25) is 24.0 Å². The lowest BCUT2D eigenvalue weighted by molar-refractivity contribution is -0.119. The third kappa shape index (κ3) is 6.81. The van der Waals surface area contributed by atoms with Gasteiger partial charge in [-0.25, -0.2) is 4.79 Å². The van der Waals surface area contributed by atoms with Crippen LogP contribution in [0.4, 0.5) is 11.5 Å². The Morgan fingerprint density at radius 3 is 2.33 bits per heavy atom. The maximum absolute atomic E-state index is 13.5. The van der Waals surface area contributed by atoms with E-state index in [1.54, 1.807) is 0 Å². The molecule has 33 heavy (non-hydrogen) atoms. The summed E-state index contributed by atoms with van der Waals surface area (Å²) in [6.07, 6.45) is 6.48. The third-order valence-electron chi connectivity index (χ3n) is 6.21. The second kappa shape index (κ2) is 11.8. The molecule has 3 N–H and O–H groups in total. The van der Waals surface area contributed by atoms with E-state index in [2.05, 4.69) is 23.7 Å². The maximum Gasteiger partial charge on any atom is 0.330 e. The number of aromatic nitrogens is 2. The van der Waals surface area contributed by atoms with E-state index in [0.717, 1.165) is 37.9 Å². The van der Waals surface area contributed by atoms with E-state index in [9.17, 15) is 14.4 Å². The number of likely N-dealkylation sites (tertiary alicyclic amines) is 1. The lowest BCUT2D eigenvalue weighted by Gasteiger charge is -2.29. The summed E-state index contributed by atoms with van der Waals surface area (Å²) in [4.78, 5) is 45.0. The quantitative estimate of drug-likeness (QED) is 0.637. The first kappa shape index (κ1) is 24.8. The highest BCUT2D eigenvalue weighted by Gasteiger charge is 2.26. The summed E-state index contributed by atoms with van der Waals surface area (Å²) in [6, 6.07) is 9.43. The highest BCUT2D eigenvalue weighted by Crippen LogP contribution is 2.20. The van der Waals surface area contributed by atoms with Crippen LogP contribution < -0.4 is 21.9 Å². The van der Waals surface area contributed by atoms with Crippen LogP contribution in [0.5, 0.6) is 0 Å². The van der Waals surface area contributed by atoms with Gasteiger partial charge in [0.1, 0.15) is 5.82 Å². The Kier molecular flexibility index (Phi) is 8.88. The summed E-state index contributed by atoms with van der Waals surface area (Å²) in [7, 11) is 0. The molecule has 2 heterocycles. The van der Waals surface area contributed by atoms with Gasteiger partial charge in [0.2, 0.25) is 5.91 Å². The summed E-state index contributed by atoms with van der Waals surface area (Å²) >= 11 is 0. The Bertz CT molecular complexity index is 1020. The zero-order valence-electron chi connectivity index (χ0n) is 19.9. The topological polar surface area (TPSA) is 104 Å². The highest BCUT2D eigenvalue weighted by molar-refractivity contribution is 5.96. The standard InChI is InChI=1S/C25H37N5O3/c1-19(2)13-16-29(21(31)18-28-14-9-4-3-5-10-15-28)22-23(26)30(25(33)27-24(22)32)17-20-11-7-6-8-12-20/h6-8,11-12,19H,3-5,9-10,13-18,26H2,1-2H3,(H,27,32,33). The predicted octanol–water partition coefficient (Wildman–Crippen LogP) is 2.81. The molecule has 2 aromatic rings. The molecule has 1 fully saturated rings. The van der Waals surface area contributed by atoms with Crippen molar-refractivity contribution in [2.45, 2.75) is 58.9 Å². The third-order valence-corrected chi connectivity index (χ3v) is 6.21.